The normalized spacial score (nSPS) is 21.8. The second kappa shape index (κ2) is 12.8. The topological polar surface area (TPSA) is 3.24 Å². The number of fused-ring (bicyclic) bond motifs is 7. The zero-order valence-corrected chi connectivity index (χ0v) is 37.5. The van der Waals surface area contributed by atoms with Crippen molar-refractivity contribution in [3.8, 4) is 11.1 Å². The second-order valence-electron chi connectivity index (χ2n) is 21.8. The van der Waals surface area contributed by atoms with Gasteiger partial charge in [0.1, 0.15) is 0 Å². The van der Waals surface area contributed by atoms with Crippen molar-refractivity contribution in [2.75, 3.05) is 4.90 Å². The highest BCUT2D eigenvalue weighted by Gasteiger charge is 2.62. The van der Waals surface area contributed by atoms with Gasteiger partial charge in [0.05, 0.1) is 5.69 Å². The lowest BCUT2D eigenvalue weighted by Crippen LogP contribution is -2.62. The molecule has 0 N–H and O–H groups in total. The Balaban J connectivity index is 1.31. The molecule has 3 unspecified atom stereocenters. The Hall–Kier alpha value is -4.82. The number of hydrogen-bond acceptors (Lipinski definition) is 1. The zero-order valence-electron chi connectivity index (χ0n) is 37.5. The monoisotopic (exact) mass is 771 g/mol. The van der Waals surface area contributed by atoms with Crippen LogP contribution >= 0.6 is 0 Å². The van der Waals surface area contributed by atoms with E-state index < -0.39 is 0 Å². The van der Waals surface area contributed by atoms with Gasteiger partial charge < -0.3 is 4.90 Å². The van der Waals surface area contributed by atoms with Crippen LogP contribution in [-0.2, 0) is 21.7 Å². The summed E-state index contributed by atoms with van der Waals surface area (Å²) in [7, 11) is 0. The van der Waals surface area contributed by atoms with E-state index in [9.17, 15) is 0 Å². The van der Waals surface area contributed by atoms with Crippen LogP contribution in [0.5, 0.6) is 0 Å². The van der Waals surface area contributed by atoms with Crippen LogP contribution in [0.25, 0.3) is 11.1 Å². The van der Waals surface area contributed by atoms with Crippen LogP contribution in [0.2, 0.25) is 0 Å². The highest BCUT2D eigenvalue weighted by molar-refractivity contribution is 6.99. The molecule has 6 aromatic carbocycles. The highest BCUT2D eigenvalue weighted by Crippen LogP contribution is 2.67. The molecule has 0 aromatic heterocycles. The van der Waals surface area contributed by atoms with Crippen molar-refractivity contribution in [1.82, 2.24) is 0 Å². The lowest BCUT2D eigenvalue weighted by atomic mass is 9.30. The molecule has 3 atom stereocenters. The van der Waals surface area contributed by atoms with Crippen molar-refractivity contribution >= 4 is 40.2 Å². The number of anilines is 3. The van der Waals surface area contributed by atoms with Crippen LogP contribution in [0.15, 0.2) is 121 Å². The highest BCUT2D eigenvalue weighted by atomic mass is 15.2. The van der Waals surface area contributed by atoms with Gasteiger partial charge >= 0.3 is 0 Å². The summed E-state index contributed by atoms with van der Waals surface area (Å²) in [6.45, 7) is 26.9. The van der Waals surface area contributed by atoms with Crippen LogP contribution in [0.1, 0.15) is 145 Å². The van der Waals surface area contributed by atoms with Gasteiger partial charge in [-0.25, -0.2) is 0 Å². The van der Waals surface area contributed by atoms with E-state index in [1.54, 1.807) is 22.2 Å². The molecular formula is C57H62BN. The molecule has 0 amide bonds. The molecule has 59 heavy (non-hydrogen) atoms. The number of nitrogens with zero attached hydrogens (tertiary/aromatic N) is 1. The Labute approximate surface area is 355 Å². The molecule has 4 aliphatic rings. The lowest BCUT2D eigenvalue weighted by Gasteiger charge is -2.51. The molecular weight excluding hydrogens is 709 g/mol. The molecule has 0 radical (unpaired) electrons. The molecule has 1 fully saturated rings. The standard InChI is InChI=1S/C57H62BN/c1-36-30-43-51-50-44(56(10)28-18-19-29-57(51,56)11)33-41(54(5,6)7)34-46(50)58-45-26-24-39(53(2,3)4)35-48(45)59(49(31-36)52(43)58)47-27-25-40(32-42(47)37-20-14-12-15-21-37)55(8,9)38-22-16-13-17-23-38/h12-17,20-27,30-35,51H,18-19,28-29H2,1-11H3. The van der Waals surface area contributed by atoms with E-state index in [-0.39, 0.29) is 33.8 Å². The molecule has 2 heteroatoms. The summed E-state index contributed by atoms with van der Waals surface area (Å²) in [5.41, 5.74) is 22.9. The van der Waals surface area contributed by atoms with Gasteiger partial charge in [-0.05, 0) is 127 Å². The maximum atomic E-state index is 2.70. The summed E-state index contributed by atoms with van der Waals surface area (Å²) >= 11 is 0. The summed E-state index contributed by atoms with van der Waals surface area (Å²) in [5, 5.41) is 0. The first-order valence-corrected chi connectivity index (χ1v) is 22.5. The number of hydrogen-bond donors (Lipinski definition) is 0. The zero-order chi connectivity index (χ0) is 41.4. The Bertz CT molecular complexity index is 2650. The molecule has 2 heterocycles. The van der Waals surface area contributed by atoms with Crippen molar-refractivity contribution in [2.24, 2.45) is 5.41 Å². The molecule has 6 aromatic rings. The average Bonchev–Trinajstić information content (AvgIpc) is 3.42. The maximum Gasteiger partial charge on any atom is 0.247 e. The van der Waals surface area contributed by atoms with Gasteiger partial charge in [0.15, 0.2) is 0 Å². The first kappa shape index (κ1) is 38.4. The van der Waals surface area contributed by atoms with Crippen LogP contribution in [0.3, 0.4) is 0 Å². The fourth-order valence-electron chi connectivity index (χ4n) is 12.2. The van der Waals surface area contributed by atoms with Crippen LogP contribution in [0, 0.1) is 12.3 Å². The predicted molar refractivity (Wildman–Crippen MR) is 254 cm³/mol. The molecule has 1 saturated carbocycles. The third kappa shape index (κ3) is 5.50. The Morgan fingerprint density at radius 3 is 1.93 bits per heavy atom. The number of aryl methyl sites for hydroxylation is 1. The van der Waals surface area contributed by atoms with E-state index in [2.05, 4.69) is 202 Å². The fraction of sp³-hybridized carbons (Fsp3) is 0.368. The van der Waals surface area contributed by atoms with Gasteiger partial charge in [-0.15, -0.1) is 0 Å². The Morgan fingerprint density at radius 1 is 0.576 bits per heavy atom. The third-order valence-corrected chi connectivity index (χ3v) is 16.0. The van der Waals surface area contributed by atoms with E-state index in [0.29, 0.717) is 5.92 Å². The molecule has 0 spiro atoms. The van der Waals surface area contributed by atoms with Crippen molar-refractivity contribution < 1.29 is 0 Å². The largest absolute Gasteiger partial charge is 0.311 e. The van der Waals surface area contributed by atoms with E-state index >= 15 is 0 Å². The molecule has 2 aliphatic carbocycles. The molecule has 1 nitrogen and oxygen atoms in total. The molecule has 0 saturated heterocycles. The van der Waals surface area contributed by atoms with Crippen molar-refractivity contribution in [3.05, 3.63) is 166 Å². The van der Waals surface area contributed by atoms with E-state index in [0.717, 1.165) is 0 Å². The summed E-state index contributed by atoms with van der Waals surface area (Å²) in [5.74, 6) is 0.372. The quantitative estimate of drug-likeness (QED) is 0.161. The molecule has 10 rings (SSSR count). The SMILES string of the molecule is Cc1cc2c3c(c1)N(c1ccc(C(C)(C)c4ccccc4)cc1-c1ccccc1)c1cc(C(C)(C)C)ccc1B3c1cc(C(C)(C)C)cc3c1C2C1(C)CCCCC31C. The second-order valence-corrected chi connectivity index (χ2v) is 21.8. The van der Waals surface area contributed by atoms with Crippen LogP contribution < -0.4 is 21.3 Å². The number of benzene rings is 6. The minimum atomic E-state index is -0.174. The Morgan fingerprint density at radius 2 is 1.24 bits per heavy atom. The van der Waals surface area contributed by atoms with Crippen molar-refractivity contribution in [3.63, 3.8) is 0 Å². The van der Waals surface area contributed by atoms with Crippen LogP contribution in [0.4, 0.5) is 17.1 Å². The minimum absolute atomic E-state index is 0.00545. The van der Waals surface area contributed by atoms with E-state index in [1.807, 2.05) is 0 Å². The van der Waals surface area contributed by atoms with E-state index in [4.69, 9.17) is 0 Å². The molecule has 0 bridgehead atoms. The molecule has 2 aliphatic heterocycles. The van der Waals surface area contributed by atoms with Crippen molar-refractivity contribution in [1.29, 1.82) is 0 Å². The maximum absolute atomic E-state index is 2.70. The van der Waals surface area contributed by atoms with Gasteiger partial charge in [0.2, 0.25) is 6.71 Å². The third-order valence-electron chi connectivity index (χ3n) is 16.0. The minimum Gasteiger partial charge on any atom is -0.311 e. The summed E-state index contributed by atoms with van der Waals surface area (Å²) in [6.07, 6.45) is 5.16. The Kier molecular flexibility index (Phi) is 8.36. The molecule has 298 valence electrons. The number of rotatable bonds is 4. The van der Waals surface area contributed by atoms with Crippen LogP contribution in [-0.4, -0.2) is 6.71 Å². The van der Waals surface area contributed by atoms with E-state index in [1.165, 1.54) is 92.6 Å². The first-order chi connectivity index (χ1) is 27.9. The first-order valence-electron chi connectivity index (χ1n) is 22.5. The van der Waals surface area contributed by atoms with Crippen molar-refractivity contribution in [2.45, 2.75) is 129 Å². The van der Waals surface area contributed by atoms with Gasteiger partial charge in [-0.1, -0.05) is 185 Å². The lowest BCUT2D eigenvalue weighted by molar-refractivity contribution is 0.0925. The summed E-state index contributed by atoms with van der Waals surface area (Å²) in [4.78, 5) is 2.70. The smallest absolute Gasteiger partial charge is 0.247 e. The van der Waals surface area contributed by atoms with Gasteiger partial charge in [-0.3, -0.25) is 0 Å². The fourth-order valence-corrected chi connectivity index (χ4v) is 12.2. The summed E-state index contributed by atoms with van der Waals surface area (Å²) in [6, 6.07) is 47.6. The summed E-state index contributed by atoms with van der Waals surface area (Å²) < 4.78 is 0. The van der Waals surface area contributed by atoms with Gasteiger partial charge in [0.25, 0.3) is 0 Å². The van der Waals surface area contributed by atoms with Gasteiger partial charge in [0, 0.05) is 28.3 Å². The predicted octanol–water partition coefficient (Wildman–Crippen LogP) is 13.2. The van der Waals surface area contributed by atoms with Gasteiger partial charge in [-0.2, -0.15) is 0 Å². The average molecular weight is 772 g/mol.